The van der Waals surface area contributed by atoms with Crippen LogP contribution in [0.5, 0.6) is 0 Å². The van der Waals surface area contributed by atoms with Gasteiger partial charge in [0.2, 0.25) is 0 Å². The van der Waals surface area contributed by atoms with Gasteiger partial charge in [0.15, 0.2) is 0 Å². The summed E-state index contributed by atoms with van der Waals surface area (Å²) < 4.78 is 1.86. The molecule has 0 spiro atoms. The molecule has 6 aromatic rings. The van der Waals surface area contributed by atoms with Crippen LogP contribution in [0, 0.1) is 10.1 Å². The highest BCUT2D eigenvalue weighted by atomic mass is 16.6. The fourth-order valence-corrected chi connectivity index (χ4v) is 5.62. The van der Waals surface area contributed by atoms with E-state index >= 15 is 0 Å². The Morgan fingerprint density at radius 1 is 0.837 bits per heavy atom. The third kappa shape index (κ3) is 4.74. The van der Waals surface area contributed by atoms with Gasteiger partial charge in [0.05, 0.1) is 16.0 Å². The molecule has 8 heteroatoms. The van der Waals surface area contributed by atoms with Crippen molar-refractivity contribution in [1.29, 1.82) is 0 Å². The average Bonchev–Trinajstić information content (AvgIpc) is 3.41. The smallest absolute Gasteiger partial charge is 0.331 e. The first-order valence-electron chi connectivity index (χ1n) is 13.6. The SMILES string of the molecule is CC(=Cc1cc2c(-c3ccncc3)nn(C(c3ccccc3)(c3ccccc3)c3ccccc3)c2cc1[N+](=O)[O-])C(=O)O. The summed E-state index contributed by atoms with van der Waals surface area (Å²) >= 11 is 0. The third-order valence-electron chi connectivity index (χ3n) is 7.58. The summed E-state index contributed by atoms with van der Waals surface area (Å²) in [5.74, 6) is -1.16. The van der Waals surface area contributed by atoms with Gasteiger partial charge in [0, 0.05) is 35.0 Å². The van der Waals surface area contributed by atoms with Gasteiger partial charge in [0.1, 0.15) is 11.2 Å². The van der Waals surface area contributed by atoms with E-state index < -0.39 is 16.4 Å². The Morgan fingerprint density at radius 2 is 1.35 bits per heavy atom. The van der Waals surface area contributed by atoms with E-state index in [1.807, 2.05) is 108 Å². The molecule has 210 valence electrons. The second-order valence-corrected chi connectivity index (χ2v) is 10.1. The number of carboxylic acids is 1. The van der Waals surface area contributed by atoms with E-state index in [-0.39, 0.29) is 16.8 Å². The van der Waals surface area contributed by atoms with Gasteiger partial charge in [-0.1, -0.05) is 91.0 Å². The number of benzene rings is 4. The molecule has 0 atom stereocenters. The monoisotopic (exact) mass is 566 g/mol. The first-order chi connectivity index (χ1) is 20.9. The number of nitrogens with zero attached hydrogens (tertiary/aromatic N) is 4. The lowest BCUT2D eigenvalue weighted by atomic mass is 9.77. The van der Waals surface area contributed by atoms with Crippen molar-refractivity contribution >= 4 is 28.6 Å². The molecule has 2 heterocycles. The van der Waals surface area contributed by atoms with Crippen molar-refractivity contribution in [3.05, 3.63) is 166 Å². The maximum absolute atomic E-state index is 12.5. The number of carboxylic acid groups (broad SMARTS) is 1. The van der Waals surface area contributed by atoms with Crippen LogP contribution in [0.4, 0.5) is 5.69 Å². The molecule has 43 heavy (non-hydrogen) atoms. The normalized spacial score (nSPS) is 11.9. The fourth-order valence-electron chi connectivity index (χ4n) is 5.62. The lowest BCUT2D eigenvalue weighted by molar-refractivity contribution is -0.385. The van der Waals surface area contributed by atoms with Crippen LogP contribution in [-0.2, 0) is 10.3 Å². The van der Waals surface area contributed by atoms with Gasteiger partial charge >= 0.3 is 5.97 Å². The van der Waals surface area contributed by atoms with Gasteiger partial charge in [-0.15, -0.1) is 0 Å². The zero-order valence-corrected chi connectivity index (χ0v) is 23.2. The van der Waals surface area contributed by atoms with E-state index in [4.69, 9.17) is 5.10 Å². The van der Waals surface area contributed by atoms with Crippen LogP contribution in [-0.4, -0.2) is 30.8 Å². The van der Waals surface area contributed by atoms with Crippen LogP contribution in [0.3, 0.4) is 0 Å². The number of rotatable bonds is 8. The Hall–Kier alpha value is -5.89. The molecule has 0 fully saturated rings. The number of hydrogen-bond acceptors (Lipinski definition) is 5. The summed E-state index contributed by atoms with van der Waals surface area (Å²) in [5.41, 5.74) is 3.49. The zero-order chi connectivity index (χ0) is 30.0. The predicted molar refractivity (Wildman–Crippen MR) is 166 cm³/mol. The number of nitro benzene ring substituents is 1. The average molecular weight is 567 g/mol. The number of hydrogen-bond donors (Lipinski definition) is 1. The Balaban J connectivity index is 1.83. The van der Waals surface area contributed by atoms with E-state index in [0.717, 1.165) is 22.3 Å². The maximum atomic E-state index is 12.5. The molecular formula is C35H26N4O4. The van der Waals surface area contributed by atoms with Crippen LogP contribution in [0.1, 0.15) is 29.2 Å². The number of fused-ring (bicyclic) bond motifs is 1. The molecule has 0 aliphatic carbocycles. The van der Waals surface area contributed by atoms with Crippen molar-refractivity contribution in [1.82, 2.24) is 14.8 Å². The molecule has 0 bridgehead atoms. The number of nitro groups is 1. The predicted octanol–water partition coefficient (Wildman–Crippen LogP) is 7.33. The first-order valence-corrected chi connectivity index (χ1v) is 13.6. The molecule has 8 nitrogen and oxygen atoms in total. The van der Waals surface area contributed by atoms with Crippen LogP contribution in [0.2, 0.25) is 0 Å². The van der Waals surface area contributed by atoms with Crippen LogP contribution in [0.15, 0.2) is 133 Å². The van der Waals surface area contributed by atoms with E-state index in [0.29, 0.717) is 16.6 Å². The number of carbonyl (C=O) groups is 1. The standard InChI is InChI=1S/C35H26N4O4/c1-24(34(40)41)21-26-22-30-32(23-31(26)39(42)43)38(37-33(30)25-17-19-36-20-18-25)35(27-11-5-2-6-12-27,28-13-7-3-8-14-28)29-15-9-4-10-16-29/h2-23H,1H3,(H,40,41). The second-order valence-electron chi connectivity index (χ2n) is 10.1. The fraction of sp³-hybridized carbons (Fsp3) is 0.0571. The van der Waals surface area contributed by atoms with E-state index in [2.05, 4.69) is 4.98 Å². The maximum Gasteiger partial charge on any atom is 0.331 e. The summed E-state index contributed by atoms with van der Waals surface area (Å²) in [4.78, 5) is 27.8. The highest BCUT2D eigenvalue weighted by Gasteiger charge is 2.41. The molecular weight excluding hydrogens is 540 g/mol. The van der Waals surface area contributed by atoms with E-state index in [1.54, 1.807) is 18.5 Å². The summed E-state index contributed by atoms with van der Waals surface area (Å²) in [5, 5.41) is 27.9. The minimum absolute atomic E-state index is 0.0208. The zero-order valence-electron chi connectivity index (χ0n) is 23.2. The van der Waals surface area contributed by atoms with Crippen LogP contribution < -0.4 is 0 Å². The molecule has 0 radical (unpaired) electrons. The molecule has 0 amide bonds. The number of aromatic nitrogens is 3. The van der Waals surface area contributed by atoms with Crippen molar-refractivity contribution in [3.63, 3.8) is 0 Å². The summed E-state index contributed by atoms with van der Waals surface area (Å²) in [7, 11) is 0. The first kappa shape index (κ1) is 27.3. The van der Waals surface area contributed by atoms with Gasteiger partial charge in [-0.05, 0) is 47.9 Å². The van der Waals surface area contributed by atoms with Crippen LogP contribution >= 0.6 is 0 Å². The molecule has 0 saturated carbocycles. The van der Waals surface area contributed by atoms with Crippen LogP contribution in [0.25, 0.3) is 28.2 Å². The summed E-state index contributed by atoms with van der Waals surface area (Å²) in [6.45, 7) is 1.41. The number of pyridine rings is 1. The second kappa shape index (κ2) is 11.2. The van der Waals surface area contributed by atoms with Crippen molar-refractivity contribution in [2.24, 2.45) is 0 Å². The Morgan fingerprint density at radius 3 is 1.81 bits per heavy atom. The molecule has 2 aromatic heterocycles. The highest BCUT2D eigenvalue weighted by molar-refractivity contribution is 5.99. The van der Waals surface area contributed by atoms with Crippen molar-refractivity contribution in [3.8, 4) is 11.3 Å². The molecule has 0 aliphatic rings. The molecule has 6 rings (SSSR count). The number of aliphatic carboxylic acids is 1. The van der Waals surface area contributed by atoms with Gasteiger partial charge in [-0.2, -0.15) is 5.10 Å². The van der Waals surface area contributed by atoms with E-state index in [1.165, 1.54) is 19.1 Å². The summed E-state index contributed by atoms with van der Waals surface area (Å²) in [6.07, 6.45) is 4.66. The van der Waals surface area contributed by atoms with Crippen molar-refractivity contribution in [2.45, 2.75) is 12.5 Å². The molecule has 0 unspecified atom stereocenters. The molecule has 4 aromatic carbocycles. The van der Waals surface area contributed by atoms with Gasteiger partial charge in [-0.3, -0.25) is 15.1 Å². The third-order valence-corrected chi connectivity index (χ3v) is 7.58. The van der Waals surface area contributed by atoms with E-state index in [9.17, 15) is 20.0 Å². The Kier molecular flexibility index (Phi) is 7.09. The highest BCUT2D eigenvalue weighted by Crippen LogP contribution is 2.45. The van der Waals surface area contributed by atoms with Crippen molar-refractivity contribution in [2.75, 3.05) is 0 Å². The molecule has 0 aliphatic heterocycles. The Bertz CT molecular complexity index is 1870. The molecule has 0 saturated heterocycles. The lowest BCUT2D eigenvalue weighted by Crippen LogP contribution is -2.38. The molecule has 1 N–H and O–H groups in total. The topological polar surface area (TPSA) is 111 Å². The minimum atomic E-state index is -1.16. The minimum Gasteiger partial charge on any atom is -0.478 e. The lowest BCUT2D eigenvalue weighted by Gasteiger charge is -2.37. The quantitative estimate of drug-likeness (QED) is 0.0893. The van der Waals surface area contributed by atoms with Gasteiger partial charge in [0.25, 0.3) is 5.69 Å². The Labute approximate surface area is 247 Å². The largest absolute Gasteiger partial charge is 0.478 e. The summed E-state index contributed by atoms with van der Waals surface area (Å²) in [6, 6.07) is 36.6. The van der Waals surface area contributed by atoms with Gasteiger partial charge < -0.3 is 5.11 Å². The van der Waals surface area contributed by atoms with Gasteiger partial charge in [-0.25, -0.2) is 9.48 Å². The van der Waals surface area contributed by atoms with Crippen molar-refractivity contribution < 1.29 is 14.8 Å².